The molecular formula is C27H49N5O6Si2. The van der Waals surface area contributed by atoms with Gasteiger partial charge in [-0.05, 0) is 36.3 Å². The normalized spacial score (nSPS) is 22.9. The average molecular weight is 596 g/mol. The van der Waals surface area contributed by atoms with E-state index in [9.17, 15) is 9.59 Å². The summed E-state index contributed by atoms with van der Waals surface area (Å²) in [5.74, 6) is -0.486. The third-order valence-electron chi connectivity index (χ3n) is 8.68. The average Bonchev–Trinajstić information content (AvgIpc) is 3.37. The Bertz CT molecular complexity index is 1260. The van der Waals surface area contributed by atoms with Gasteiger partial charge in [0.1, 0.15) is 18.3 Å². The molecule has 11 nitrogen and oxygen atoms in total. The van der Waals surface area contributed by atoms with Crippen LogP contribution in [0.15, 0.2) is 11.1 Å². The molecule has 2 aromatic rings. The smallest absolute Gasteiger partial charge is 0.280 e. The van der Waals surface area contributed by atoms with Crippen molar-refractivity contribution in [1.82, 2.24) is 19.5 Å². The Labute approximate surface area is 240 Å². The molecule has 1 fully saturated rings. The Kier molecular flexibility index (Phi) is 9.30. The van der Waals surface area contributed by atoms with Gasteiger partial charge in [0.2, 0.25) is 11.9 Å². The van der Waals surface area contributed by atoms with Gasteiger partial charge in [0.15, 0.2) is 34.0 Å². The molecule has 0 radical (unpaired) electrons. The van der Waals surface area contributed by atoms with Crippen molar-refractivity contribution < 1.29 is 23.1 Å². The number of nitrogens with zero attached hydrogens (tertiary/aromatic N) is 3. The Morgan fingerprint density at radius 3 is 2.23 bits per heavy atom. The van der Waals surface area contributed by atoms with E-state index in [4.69, 9.17) is 18.3 Å². The molecule has 1 aliphatic heterocycles. The first-order valence-corrected chi connectivity index (χ1v) is 19.8. The van der Waals surface area contributed by atoms with E-state index in [1.54, 1.807) is 25.5 Å². The molecule has 2 aromatic heterocycles. The summed E-state index contributed by atoms with van der Waals surface area (Å²) < 4.78 is 27.9. The summed E-state index contributed by atoms with van der Waals surface area (Å²) in [6.45, 7) is 25.9. The van der Waals surface area contributed by atoms with Crippen LogP contribution in [0.5, 0.6) is 0 Å². The minimum Gasteiger partial charge on any atom is -0.414 e. The fraction of sp³-hybridized carbons (Fsp3) is 0.778. The molecule has 0 bridgehead atoms. The van der Waals surface area contributed by atoms with Crippen molar-refractivity contribution in [3.8, 4) is 0 Å². The number of hydrogen-bond acceptors (Lipinski definition) is 8. The largest absolute Gasteiger partial charge is 0.414 e. The predicted octanol–water partition coefficient (Wildman–Crippen LogP) is 5.04. The van der Waals surface area contributed by atoms with Crippen LogP contribution in [-0.4, -0.2) is 74.1 Å². The molecule has 0 spiro atoms. The molecule has 226 valence electrons. The number of rotatable bonds is 9. The van der Waals surface area contributed by atoms with E-state index in [0.717, 1.165) is 0 Å². The van der Waals surface area contributed by atoms with E-state index in [-0.39, 0.29) is 39.0 Å². The number of fused-ring (bicyclic) bond motifs is 1. The Hall–Kier alpha value is -1.91. The number of H-pyrrole nitrogens is 1. The van der Waals surface area contributed by atoms with Crippen LogP contribution in [0.4, 0.5) is 5.95 Å². The van der Waals surface area contributed by atoms with Gasteiger partial charge in [-0.15, -0.1) is 0 Å². The number of aromatic nitrogens is 4. The van der Waals surface area contributed by atoms with Gasteiger partial charge in [-0.3, -0.25) is 24.5 Å². The van der Waals surface area contributed by atoms with Crippen LogP contribution in [0.2, 0.25) is 36.3 Å². The van der Waals surface area contributed by atoms with Crippen molar-refractivity contribution in [2.45, 2.75) is 116 Å². The van der Waals surface area contributed by atoms with Crippen LogP contribution in [0.3, 0.4) is 0 Å². The highest BCUT2D eigenvalue weighted by Crippen LogP contribution is 2.43. The van der Waals surface area contributed by atoms with Gasteiger partial charge in [-0.2, -0.15) is 4.98 Å². The van der Waals surface area contributed by atoms with Crippen molar-refractivity contribution in [3.05, 3.63) is 16.7 Å². The van der Waals surface area contributed by atoms with Crippen LogP contribution in [0.25, 0.3) is 11.2 Å². The van der Waals surface area contributed by atoms with Crippen molar-refractivity contribution in [2.75, 3.05) is 19.0 Å². The quantitative estimate of drug-likeness (QED) is 0.386. The summed E-state index contributed by atoms with van der Waals surface area (Å²) in [5.41, 5.74) is -0.0302. The summed E-state index contributed by atoms with van der Waals surface area (Å²) in [4.78, 5) is 36.6. The molecule has 0 aliphatic carbocycles. The van der Waals surface area contributed by atoms with E-state index in [0.29, 0.717) is 6.61 Å². The zero-order valence-corrected chi connectivity index (χ0v) is 28.5. The van der Waals surface area contributed by atoms with E-state index in [1.165, 1.54) is 6.33 Å². The highest BCUT2D eigenvalue weighted by molar-refractivity contribution is 6.74. The zero-order valence-electron chi connectivity index (χ0n) is 26.5. The molecular weight excluding hydrogens is 546 g/mol. The lowest BCUT2D eigenvalue weighted by Crippen LogP contribution is -2.51. The fourth-order valence-electron chi connectivity index (χ4n) is 3.92. The Morgan fingerprint density at radius 2 is 1.70 bits per heavy atom. The van der Waals surface area contributed by atoms with Crippen LogP contribution in [0, 0.1) is 5.92 Å². The van der Waals surface area contributed by atoms with Crippen LogP contribution in [0.1, 0.15) is 61.6 Å². The molecule has 40 heavy (non-hydrogen) atoms. The number of methoxy groups -OCH3 is 1. The van der Waals surface area contributed by atoms with Gasteiger partial charge >= 0.3 is 0 Å². The van der Waals surface area contributed by atoms with E-state index < -0.39 is 46.7 Å². The third-order valence-corrected chi connectivity index (χ3v) is 17.7. The molecule has 13 heteroatoms. The predicted molar refractivity (Wildman–Crippen MR) is 162 cm³/mol. The first-order valence-electron chi connectivity index (χ1n) is 14.0. The van der Waals surface area contributed by atoms with Gasteiger partial charge in [-0.25, -0.2) is 4.98 Å². The second kappa shape index (κ2) is 11.4. The number of nitrogens with one attached hydrogen (secondary N) is 2. The number of aromatic amines is 1. The van der Waals surface area contributed by atoms with Crippen molar-refractivity contribution in [1.29, 1.82) is 0 Å². The maximum absolute atomic E-state index is 12.8. The Morgan fingerprint density at radius 1 is 1.10 bits per heavy atom. The van der Waals surface area contributed by atoms with E-state index in [1.807, 2.05) is 0 Å². The van der Waals surface area contributed by atoms with E-state index >= 15 is 0 Å². The van der Waals surface area contributed by atoms with Crippen molar-refractivity contribution in [2.24, 2.45) is 5.92 Å². The number of anilines is 1. The number of hydrogen-bond donors (Lipinski definition) is 2. The molecule has 1 aliphatic rings. The van der Waals surface area contributed by atoms with Gasteiger partial charge in [0.25, 0.3) is 5.56 Å². The minimum atomic E-state index is -2.24. The summed E-state index contributed by atoms with van der Waals surface area (Å²) in [6, 6.07) is 0. The lowest BCUT2D eigenvalue weighted by molar-refractivity contribution is -0.118. The van der Waals surface area contributed by atoms with Gasteiger partial charge in [0, 0.05) is 13.0 Å². The molecule has 0 unspecified atom stereocenters. The summed E-state index contributed by atoms with van der Waals surface area (Å²) in [5, 5.41) is 2.67. The first kappa shape index (κ1) is 32.6. The molecule has 2 N–H and O–H groups in total. The molecule has 4 atom stereocenters. The number of carbonyl (C=O) groups is 1. The minimum absolute atomic E-state index is 0.0315. The third kappa shape index (κ3) is 6.60. The summed E-state index contributed by atoms with van der Waals surface area (Å²) >= 11 is 0. The van der Waals surface area contributed by atoms with Gasteiger partial charge < -0.3 is 18.3 Å². The zero-order chi connectivity index (χ0) is 30.4. The molecule has 3 rings (SSSR count). The topological polar surface area (TPSA) is 130 Å². The highest BCUT2D eigenvalue weighted by Gasteiger charge is 2.52. The van der Waals surface area contributed by atoms with Crippen LogP contribution in [-0.2, 0) is 23.1 Å². The molecule has 1 saturated heterocycles. The summed E-state index contributed by atoms with van der Waals surface area (Å²) in [7, 11) is -2.69. The van der Waals surface area contributed by atoms with Gasteiger partial charge in [0.05, 0.1) is 12.9 Å². The van der Waals surface area contributed by atoms with Crippen molar-refractivity contribution in [3.63, 3.8) is 0 Å². The lowest BCUT2D eigenvalue weighted by atomic mass is 10.1. The fourth-order valence-corrected chi connectivity index (χ4v) is 6.25. The molecule has 3 heterocycles. The first-order chi connectivity index (χ1) is 18.2. The SMILES string of the molecule is CO[C@@H]1[C@H](O[Si](C)(C)C(C)(C)C)[C@@H](CO[Si](C)(C)C(C)(C)C)O[C@H]1n1cnc2c(=O)[nH]c(NC(=O)C(C)C)nc21. The van der Waals surface area contributed by atoms with Crippen LogP contribution < -0.4 is 10.9 Å². The van der Waals surface area contributed by atoms with E-state index in [2.05, 4.69) is 88.0 Å². The molecule has 1 amide bonds. The standard InChI is InChI=1S/C27H49N5O6Si2/c1-16(2)22(33)30-25-29-21-18(23(34)31-25)28-15-32(21)24-20(35-9)19(38-40(12,13)27(6,7)8)17(37-24)14-36-39(10,11)26(3,4)5/h15-17,19-20,24H,14H2,1-13H3,(H2,29,30,31,33,34)/t17-,19-,20-,24-/m1/s1. The number of imidazole rings is 1. The summed E-state index contributed by atoms with van der Waals surface area (Å²) in [6.07, 6.45) is -0.508. The van der Waals surface area contributed by atoms with Gasteiger partial charge in [-0.1, -0.05) is 55.4 Å². The maximum atomic E-state index is 12.8. The number of ether oxygens (including phenoxy) is 2. The Balaban J connectivity index is 2.05. The second-order valence-corrected chi connectivity index (χ2v) is 23.6. The highest BCUT2D eigenvalue weighted by atomic mass is 28.4. The number of amides is 1. The maximum Gasteiger partial charge on any atom is 0.280 e. The monoisotopic (exact) mass is 595 g/mol. The molecule has 0 saturated carbocycles. The number of carbonyl (C=O) groups excluding carboxylic acids is 1. The van der Waals surface area contributed by atoms with Crippen molar-refractivity contribution >= 4 is 39.7 Å². The second-order valence-electron chi connectivity index (χ2n) is 14.1. The molecule has 0 aromatic carbocycles. The van der Waals surface area contributed by atoms with Crippen LogP contribution >= 0.6 is 0 Å². The lowest BCUT2D eigenvalue weighted by Gasteiger charge is -2.41.